The first-order chi connectivity index (χ1) is 18.0. The van der Waals surface area contributed by atoms with Crippen LogP contribution in [-0.2, 0) is 34.0 Å². The van der Waals surface area contributed by atoms with E-state index >= 15 is 0 Å². The minimum absolute atomic E-state index is 0.0177. The Kier molecular flexibility index (Phi) is 9.85. The SMILES string of the molecule is Cc1ccsc1CN(Cc1ccc(F)cc1)C(=O)CN(C(=O)COCc1ccccc1)C1CCCCC1. The monoisotopic (exact) mass is 522 g/mol. The van der Waals surface area contributed by atoms with Crippen LogP contribution in [0.15, 0.2) is 66.0 Å². The van der Waals surface area contributed by atoms with Gasteiger partial charge in [-0.25, -0.2) is 4.39 Å². The fourth-order valence-electron chi connectivity index (χ4n) is 4.75. The number of rotatable bonds is 11. The van der Waals surface area contributed by atoms with Crippen LogP contribution in [0.4, 0.5) is 4.39 Å². The number of carbonyl (C=O) groups excluding carboxylic acids is 2. The van der Waals surface area contributed by atoms with Crippen LogP contribution in [0.1, 0.15) is 53.7 Å². The predicted octanol–water partition coefficient (Wildman–Crippen LogP) is 6.10. The number of ether oxygens (including phenoxy) is 1. The van der Waals surface area contributed by atoms with Gasteiger partial charge in [0.05, 0.1) is 13.2 Å². The number of benzene rings is 2. The van der Waals surface area contributed by atoms with Gasteiger partial charge in [-0.2, -0.15) is 0 Å². The molecule has 1 heterocycles. The Morgan fingerprint density at radius 1 is 0.919 bits per heavy atom. The predicted molar refractivity (Wildman–Crippen MR) is 144 cm³/mol. The van der Waals surface area contributed by atoms with Gasteiger partial charge in [0.25, 0.3) is 0 Å². The van der Waals surface area contributed by atoms with Crippen LogP contribution in [0.25, 0.3) is 0 Å². The van der Waals surface area contributed by atoms with E-state index in [0.29, 0.717) is 19.7 Å². The lowest BCUT2D eigenvalue weighted by Gasteiger charge is -2.35. The second kappa shape index (κ2) is 13.5. The Bertz CT molecular complexity index is 1140. The van der Waals surface area contributed by atoms with Crippen LogP contribution in [-0.4, -0.2) is 40.8 Å². The summed E-state index contributed by atoms with van der Waals surface area (Å²) in [7, 11) is 0. The first-order valence-electron chi connectivity index (χ1n) is 13.0. The number of carbonyl (C=O) groups is 2. The summed E-state index contributed by atoms with van der Waals surface area (Å²) >= 11 is 1.62. The van der Waals surface area contributed by atoms with Gasteiger partial charge in [0, 0.05) is 17.5 Å². The summed E-state index contributed by atoms with van der Waals surface area (Å²) in [5, 5.41) is 2.02. The highest BCUT2D eigenvalue weighted by Gasteiger charge is 2.29. The second-order valence-electron chi connectivity index (χ2n) is 9.69. The van der Waals surface area contributed by atoms with E-state index in [-0.39, 0.29) is 36.8 Å². The standard InChI is InChI=1S/C30H35FN2O3S/c1-23-16-17-37-28(23)19-32(18-24-12-14-26(31)15-13-24)29(34)20-33(27-10-6-3-7-11-27)30(35)22-36-21-25-8-4-2-5-9-25/h2,4-5,8-9,12-17,27H,3,6-7,10-11,18-22H2,1H3. The summed E-state index contributed by atoms with van der Waals surface area (Å²) in [5.74, 6) is -0.565. The summed E-state index contributed by atoms with van der Waals surface area (Å²) in [5.41, 5.74) is 2.99. The molecule has 0 saturated heterocycles. The maximum atomic E-state index is 13.7. The highest BCUT2D eigenvalue weighted by Crippen LogP contribution is 2.24. The molecule has 37 heavy (non-hydrogen) atoms. The molecule has 1 saturated carbocycles. The van der Waals surface area contributed by atoms with Crippen molar-refractivity contribution in [3.8, 4) is 0 Å². The molecule has 5 nitrogen and oxygen atoms in total. The van der Waals surface area contributed by atoms with Crippen LogP contribution >= 0.6 is 11.3 Å². The first kappa shape index (κ1) is 27.0. The molecule has 196 valence electrons. The molecular formula is C30H35FN2O3S. The molecule has 0 aliphatic heterocycles. The van der Waals surface area contributed by atoms with Crippen molar-refractivity contribution in [2.75, 3.05) is 13.2 Å². The van der Waals surface area contributed by atoms with Gasteiger partial charge >= 0.3 is 0 Å². The zero-order valence-corrected chi connectivity index (χ0v) is 22.2. The van der Waals surface area contributed by atoms with Gasteiger partial charge in [-0.1, -0.05) is 61.7 Å². The Morgan fingerprint density at radius 3 is 2.32 bits per heavy atom. The molecule has 0 bridgehead atoms. The maximum Gasteiger partial charge on any atom is 0.249 e. The van der Waals surface area contributed by atoms with Crippen LogP contribution in [0.5, 0.6) is 0 Å². The Labute approximate surface area is 222 Å². The van der Waals surface area contributed by atoms with Gasteiger partial charge in [-0.3, -0.25) is 9.59 Å². The molecule has 1 aliphatic carbocycles. The first-order valence-corrected chi connectivity index (χ1v) is 13.8. The van der Waals surface area contributed by atoms with Crippen molar-refractivity contribution in [2.45, 2.75) is 64.8 Å². The maximum absolute atomic E-state index is 13.7. The molecule has 0 spiro atoms. The molecular weight excluding hydrogens is 487 g/mol. The Balaban J connectivity index is 1.47. The second-order valence-corrected chi connectivity index (χ2v) is 10.7. The third-order valence-electron chi connectivity index (χ3n) is 6.92. The summed E-state index contributed by atoms with van der Waals surface area (Å²) in [6.07, 6.45) is 5.08. The number of halogens is 1. The largest absolute Gasteiger partial charge is 0.367 e. The van der Waals surface area contributed by atoms with Gasteiger partial charge in [0.2, 0.25) is 11.8 Å². The molecule has 0 N–H and O–H groups in total. The molecule has 4 rings (SSSR count). The quantitative estimate of drug-likeness (QED) is 0.306. The molecule has 0 radical (unpaired) electrons. The zero-order valence-electron chi connectivity index (χ0n) is 21.4. The van der Waals surface area contributed by atoms with Crippen molar-refractivity contribution in [1.82, 2.24) is 9.80 Å². The van der Waals surface area contributed by atoms with Gasteiger partial charge in [0.15, 0.2) is 0 Å². The lowest BCUT2D eigenvalue weighted by molar-refractivity contribution is -0.147. The minimum Gasteiger partial charge on any atom is -0.367 e. The van der Waals surface area contributed by atoms with E-state index in [1.807, 2.05) is 48.7 Å². The van der Waals surface area contributed by atoms with Crippen molar-refractivity contribution in [3.05, 3.63) is 93.4 Å². The van der Waals surface area contributed by atoms with E-state index < -0.39 is 0 Å². The smallest absolute Gasteiger partial charge is 0.249 e. The van der Waals surface area contributed by atoms with Crippen molar-refractivity contribution in [3.63, 3.8) is 0 Å². The lowest BCUT2D eigenvalue weighted by Crippen LogP contribution is -2.49. The number of nitrogens with zero attached hydrogens (tertiary/aromatic N) is 2. The van der Waals surface area contributed by atoms with Gasteiger partial charge < -0.3 is 14.5 Å². The van der Waals surface area contributed by atoms with E-state index in [1.54, 1.807) is 33.3 Å². The average molecular weight is 523 g/mol. The number of amides is 2. The number of thiophene rings is 1. The van der Waals surface area contributed by atoms with Crippen molar-refractivity contribution in [1.29, 1.82) is 0 Å². The number of hydrogen-bond donors (Lipinski definition) is 0. The van der Waals surface area contributed by atoms with Crippen molar-refractivity contribution in [2.24, 2.45) is 0 Å². The number of hydrogen-bond acceptors (Lipinski definition) is 4. The van der Waals surface area contributed by atoms with E-state index in [0.717, 1.165) is 53.7 Å². The molecule has 1 aliphatic rings. The molecule has 3 aromatic rings. The highest BCUT2D eigenvalue weighted by molar-refractivity contribution is 7.10. The van der Waals surface area contributed by atoms with Gasteiger partial charge in [-0.05, 0) is 60.0 Å². The topological polar surface area (TPSA) is 49.9 Å². The third-order valence-corrected chi connectivity index (χ3v) is 7.93. The van der Waals surface area contributed by atoms with E-state index in [1.165, 1.54) is 12.1 Å². The van der Waals surface area contributed by atoms with Gasteiger partial charge in [0.1, 0.15) is 19.0 Å². The molecule has 1 aromatic heterocycles. The van der Waals surface area contributed by atoms with Gasteiger partial charge in [-0.15, -0.1) is 11.3 Å². The highest BCUT2D eigenvalue weighted by atomic mass is 32.1. The van der Waals surface area contributed by atoms with E-state index in [9.17, 15) is 14.0 Å². The van der Waals surface area contributed by atoms with E-state index in [4.69, 9.17) is 4.74 Å². The van der Waals surface area contributed by atoms with Crippen LogP contribution in [0.3, 0.4) is 0 Å². The molecule has 2 aromatic carbocycles. The molecule has 0 unspecified atom stereocenters. The molecule has 0 atom stereocenters. The molecule has 7 heteroatoms. The Hall–Kier alpha value is -3.03. The fraction of sp³-hybridized carbons (Fsp3) is 0.400. The Morgan fingerprint density at radius 2 is 1.65 bits per heavy atom. The van der Waals surface area contributed by atoms with E-state index in [2.05, 4.69) is 0 Å². The zero-order chi connectivity index (χ0) is 26.0. The van der Waals surface area contributed by atoms with Crippen molar-refractivity contribution < 1.29 is 18.7 Å². The van der Waals surface area contributed by atoms with Crippen LogP contribution < -0.4 is 0 Å². The lowest BCUT2D eigenvalue weighted by atomic mass is 9.94. The van der Waals surface area contributed by atoms with Crippen molar-refractivity contribution >= 4 is 23.2 Å². The third kappa shape index (κ3) is 7.98. The fourth-order valence-corrected chi connectivity index (χ4v) is 5.68. The van der Waals surface area contributed by atoms with Crippen LogP contribution in [0, 0.1) is 12.7 Å². The summed E-state index contributed by atoms with van der Waals surface area (Å²) in [6, 6.07) is 18.1. The molecule has 1 fully saturated rings. The average Bonchev–Trinajstić information content (AvgIpc) is 3.33. The number of aryl methyl sites for hydroxylation is 1. The molecule has 2 amide bonds. The summed E-state index contributed by atoms with van der Waals surface area (Å²) in [6.45, 7) is 3.16. The van der Waals surface area contributed by atoms with Crippen LogP contribution in [0.2, 0.25) is 0 Å². The summed E-state index contributed by atoms with van der Waals surface area (Å²) in [4.78, 5) is 31.7. The normalized spacial score (nSPS) is 13.9. The summed E-state index contributed by atoms with van der Waals surface area (Å²) < 4.78 is 19.2. The minimum atomic E-state index is -0.305.